The number of thioether (sulfide) groups is 1. The van der Waals surface area contributed by atoms with Crippen molar-refractivity contribution in [1.82, 2.24) is 14.9 Å². The van der Waals surface area contributed by atoms with Crippen molar-refractivity contribution in [3.63, 3.8) is 0 Å². The number of anilines is 1. The molecule has 1 saturated carbocycles. The van der Waals surface area contributed by atoms with Crippen molar-refractivity contribution in [3.05, 3.63) is 34.1 Å². The van der Waals surface area contributed by atoms with Crippen LogP contribution in [-0.2, 0) is 15.3 Å². The van der Waals surface area contributed by atoms with E-state index in [1.165, 1.54) is 18.9 Å². The maximum Gasteiger partial charge on any atom is 0.320 e. The van der Waals surface area contributed by atoms with Crippen LogP contribution in [0.3, 0.4) is 0 Å². The summed E-state index contributed by atoms with van der Waals surface area (Å²) in [4.78, 5) is 34.1. The summed E-state index contributed by atoms with van der Waals surface area (Å²) in [6.07, 6.45) is 6.45. The smallest absolute Gasteiger partial charge is 0.320 e. The molecule has 2 fully saturated rings. The van der Waals surface area contributed by atoms with E-state index < -0.39 is 17.0 Å². The summed E-state index contributed by atoms with van der Waals surface area (Å²) in [5.41, 5.74) is 0.182. The number of carbonyl (C=O) groups is 1. The summed E-state index contributed by atoms with van der Waals surface area (Å²) >= 11 is 1.75. The van der Waals surface area contributed by atoms with Gasteiger partial charge in [0.2, 0.25) is 0 Å². The second-order valence-corrected chi connectivity index (χ2v) is 11.7. The Morgan fingerprint density at radius 2 is 1.94 bits per heavy atom. The van der Waals surface area contributed by atoms with Crippen molar-refractivity contribution in [1.29, 1.82) is 0 Å². The van der Waals surface area contributed by atoms with Crippen LogP contribution in [-0.4, -0.2) is 57.4 Å². The number of aromatic nitrogens is 2. The van der Waals surface area contributed by atoms with Gasteiger partial charge in [0.25, 0.3) is 5.56 Å². The van der Waals surface area contributed by atoms with Crippen molar-refractivity contribution in [2.24, 2.45) is 0 Å². The molecular formula is C25H35FN4O3S. The number of nitrogens with zero attached hydrogens (tertiary/aromatic N) is 2. The second-order valence-electron chi connectivity index (χ2n) is 10.4. The molecular weight excluding hydrogens is 455 g/mol. The largest absolute Gasteiger partial charge is 0.459 e. The lowest BCUT2D eigenvalue weighted by Crippen LogP contribution is -2.40. The molecule has 2 aliphatic rings. The molecule has 0 radical (unpaired) electrons. The first-order valence-corrected chi connectivity index (χ1v) is 13.3. The Balaban J connectivity index is 1.33. The minimum absolute atomic E-state index is 0.0150. The van der Waals surface area contributed by atoms with Crippen LogP contribution >= 0.6 is 11.8 Å². The first-order chi connectivity index (χ1) is 16.2. The molecule has 1 aliphatic heterocycles. The molecule has 1 aromatic heterocycles. The Kier molecular flexibility index (Phi) is 7.82. The average molecular weight is 491 g/mol. The third-order valence-corrected chi connectivity index (χ3v) is 7.68. The van der Waals surface area contributed by atoms with Crippen LogP contribution in [0, 0.1) is 5.82 Å². The van der Waals surface area contributed by atoms with E-state index in [9.17, 15) is 14.0 Å². The van der Waals surface area contributed by atoms with Crippen LogP contribution in [0.2, 0.25) is 0 Å². The number of likely N-dealkylation sites (tertiary alicyclic amines) is 1. The number of esters is 1. The molecule has 1 aromatic carbocycles. The van der Waals surface area contributed by atoms with Crippen LogP contribution in [0.25, 0.3) is 10.9 Å². The zero-order valence-corrected chi connectivity index (χ0v) is 21.1. The highest BCUT2D eigenvalue weighted by atomic mass is 32.2. The monoisotopic (exact) mass is 490 g/mol. The molecule has 0 amide bonds. The molecule has 1 saturated heterocycles. The van der Waals surface area contributed by atoms with Gasteiger partial charge in [-0.3, -0.25) is 14.5 Å². The second kappa shape index (κ2) is 10.6. The van der Waals surface area contributed by atoms with E-state index in [1.807, 2.05) is 20.8 Å². The summed E-state index contributed by atoms with van der Waals surface area (Å²) < 4.78 is 20.1. The van der Waals surface area contributed by atoms with Gasteiger partial charge in [-0.2, -0.15) is 11.8 Å². The van der Waals surface area contributed by atoms with Crippen LogP contribution < -0.4 is 10.9 Å². The van der Waals surface area contributed by atoms with Gasteiger partial charge in [-0.25, -0.2) is 9.37 Å². The van der Waals surface area contributed by atoms with E-state index in [0.717, 1.165) is 38.8 Å². The molecule has 7 nitrogen and oxygen atoms in total. The van der Waals surface area contributed by atoms with Gasteiger partial charge in [-0.15, -0.1) is 0 Å². The summed E-state index contributed by atoms with van der Waals surface area (Å²) in [7, 11) is 0. The first-order valence-electron chi connectivity index (χ1n) is 12.2. The van der Waals surface area contributed by atoms with Gasteiger partial charge in [0, 0.05) is 17.0 Å². The van der Waals surface area contributed by atoms with Crippen molar-refractivity contribution in [3.8, 4) is 0 Å². The highest BCUT2D eigenvalue weighted by molar-refractivity contribution is 7.99. The summed E-state index contributed by atoms with van der Waals surface area (Å²) in [6.45, 7) is 7.61. The van der Waals surface area contributed by atoms with Crippen molar-refractivity contribution in [2.75, 3.05) is 25.0 Å². The van der Waals surface area contributed by atoms with Gasteiger partial charge in [0.15, 0.2) is 0 Å². The van der Waals surface area contributed by atoms with E-state index >= 15 is 0 Å². The topological polar surface area (TPSA) is 87.3 Å². The minimum Gasteiger partial charge on any atom is -0.459 e. The zero-order chi connectivity index (χ0) is 24.3. The Bertz CT molecular complexity index is 1070. The van der Waals surface area contributed by atoms with E-state index in [2.05, 4.69) is 20.2 Å². The number of hydrogen-bond donors (Lipinski definition) is 2. The van der Waals surface area contributed by atoms with Gasteiger partial charge in [0.1, 0.15) is 22.6 Å². The minimum atomic E-state index is -0.539. The first kappa shape index (κ1) is 25.0. The molecule has 2 N–H and O–H groups in total. The molecule has 4 rings (SSSR count). The predicted octanol–water partition coefficient (Wildman–Crippen LogP) is 4.46. The standard InChI is InChI=1S/C25H35FN4O3S/c1-25(2,3)33-22(31)14-30-10-8-18(9-11-30)34-15-21-28-20-13-17(27-16-6-4-5-7-16)12-19(26)23(20)24(32)29-21/h12-13,16,18,27H,4-11,14-15H2,1-3H3,(H,28,29,32). The van der Waals surface area contributed by atoms with Gasteiger partial charge < -0.3 is 15.0 Å². The molecule has 0 atom stereocenters. The van der Waals surface area contributed by atoms with E-state index in [0.29, 0.717) is 40.6 Å². The average Bonchev–Trinajstić information content (AvgIpc) is 3.24. The SMILES string of the molecule is CC(C)(C)OC(=O)CN1CCC(SCc2nc3cc(NC4CCCC4)cc(F)c3c(=O)[nH]2)CC1. The lowest BCUT2D eigenvalue weighted by atomic mass is 10.1. The van der Waals surface area contributed by atoms with Gasteiger partial charge >= 0.3 is 5.97 Å². The molecule has 1 aliphatic carbocycles. The predicted molar refractivity (Wildman–Crippen MR) is 135 cm³/mol. The van der Waals surface area contributed by atoms with Crippen LogP contribution in [0.1, 0.15) is 65.1 Å². The Morgan fingerprint density at radius 3 is 2.62 bits per heavy atom. The maximum atomic E-state index is 14.7. The zero-order valence-electron chi connectivity index (χ0n) is 20.3. The number of rotatable bonds is 7. The van der Waals surface area contributed by atoms with Crippen LogP contribution in [0.4, 0.5) is 10.1 Å². The number of H-pyrrole nitrogens is 1. The van der Waals surface area contributed by atoms with Crippen molar-refractivity contribution in [2.45, 2.75) is 81.9 Å². The molecule has 0 unspecified atom stereocenters. The highest BCUT2D eigenvalue weighted by Crippen LogP contribution is 2.28. The molecule has 186 valence electrons. The Morgan fingerprint density at radius 1 is 1.24 bits per heavy atom. The number of piperidine rings is 1. The lowest BCUT2D eigenvalue weighted by molar-refractivity contribution is -0.156. The van der Waals surface area contributed by atoms with Gasteiger partial charge in [-0.1, -0.05) is 12.8 Å². The van der Waals surface area contributed by atoms with E-state index in [-0.39, 0.29) is 11.4 Å². The maximum absolute atomic E-state index is 14.7. The van der Waals surface area contributed by atoms with Gasteiger partial charge in [-0.05, 0) is 71.7 Å². The third-order valence-electron chi connectivity index (χ3n) is 6.30. The molecule has 0 bridgehead atoms. The fraction of sp³-hybridized carbons (Fsp3) is 0.640. The molecule has 34 heavy (non-hydrogen) atoms. The van der Waals surface area contributed by atoms with Crippen molar-refractivity contribution >= 4 is 34.3 Å². The number of carbonyl (C=O) groups excluding carboxylic acids is 1. The van der Waals surface area contributed by atoms with E-state index in [1.54, 1.807) is 17.8 Å². The number of ether oxygens (including phenoxy) is 1. The van der Waals surface area contributed by atoms with Crippen LogP contribution in [0.15, 0.2) is 16.9 Å². The third kappa shape index (κ3) is 6.72. The van der Waals surface area contributed by atoms with Crippen molar-refractivity contribution < 1.29 is 13.9 Å². The Hall–Kier alpha value is -2.13. The summed E-state index contributed by atoms with van der Waals surface area (Å²) in [5, 5.41) is 3.83. The summed E-state index contributed by atoms with van der Waals surface area (Å²) in [5.74, 6) is 0.397. The summed E-state index contributed by atoms with van der Waals surface area (Å²) in [6, 6.07) is 3.54. The quantitative estimate of drug-likeness (QED) is 0.554. The fourth-order valence-electron chi connectivity index (χ4n) is 4.72. The number of halogens is 1. The number of nitrogens with one attached hydrogen (secondary N) is 2. The molecule has 9 heteroatoms. The Labute approximate surface area is 204 Å². The molecule has 2 heterocycles. The normalized spacial score (nSPS) is 18.5. The number of hydrogen-bond acceptors (Lipinski definition) is 7. The lowest BCUT2D eigenvalue weighted by Gasteiger charge is -2.31. The highest BCUT2D eigenvalue weighted by Gasteiger charge is 2.24. The number of benzene rings is 1. The van der Waals surface area contributed by atoms with Gasteiger partial charge in [0.05, 0.1) is 17.8 Å². The molecule has 0 spiro atoms. The van der Waals surface area contributed by atoms with Crippen LogP contribution in [0.5, 0.6) is 0 Å². The fourth-order valence-corrected chi connectivity index (χ4v) is 5.79. The molecule has 2 aromatic rings. The number of aromatic amines is 1. The number of fused-ring (bicyclic) bond motifs is 1. The van der Waals surface area contributed by atoms with E-state index in [4.69, 9.17) is 4.74 Å².